The zero-order valence-corrected chi connectivity index (χ0v) is 11.8. The summed E-state index contributed by atoms with van der Waals surface area (Å²) in [7, 11) is 1.23. The summed E-state index contributed by atoms with van der Waals surface area (Å²) < 4.78 is 19.4. The third-order valence-electron chi connectivity index (χ3n) is 2.91. The molecule has 0 amide bonds. The van der Waals surface area contributed by atoms with Crippen molar-refractivity contribution >= 4 is 12.3 Å². The van der Waals surface area contributed by atoms with Crippen LogP contribution in [0.25, 0.3) is 0 Å². The van der Waals surface area contributed by atoms with E-state index in [0.29, 0.717) is 12.7 Å². The lowest BCUT2D eigenvalue weighted by molar-refractivity contribution is -0.145. The van der Waals surface area contributed by atoms with Gasteiger partial charge in [-0.3, -0.25) is 4.79 Å². The maximum absolute atomic E-state index is 13.5. The van der Waals surface area contributed by atoms with E-state index in [1.807, 2.05) is 13.8 Å². The van der Waals surface area contributed by atoms with Gasteiger partial charge in [-0.1, -0.05) is 13.8 Å². The lowest BCUT2D eigenvalue weighted by atomic mass is 10.0. The first kappa shape index (κ1) is 16.1. The van der Waals surface area contributed by atoms with Gasteiger partial charge in [0, 0.05) is 24.2 Å². The number of halogens is 1. The van der Waals surface area contributed by atoms with Gasteiger partial charge in [-0.25, -0.2) is 9.18 Å². The Kier molecular flexibility index (Phi) is 5.61. The number of pyridine rings is 1. The van der Waals surface area contributed by atoms with Gasteiger partial charge in [-0.05, 0) is 12.3 Å². The Balaban J connectivity index is 3.31. The summed E-state index contributed by atoms with van der Waals surface area (Å²) in [6.45, 7) is 3.80. The van der Waals surface area contributed by atoms with Crippen molar-refractivity contribution in [2.75, 3.05) is 7.11 Å². The second-order valence-corrected chi connectivity index (χ2v) is 4.93. The van der Waals surface area contributed by atoms with E-state index in [4.69, 9.17) is 4.74 Å². The Morgan fingerprint density at radius 1 is 1.50 bits per heavy atom. The average Bonchev–Trinajstić information content (AvgIpc) is 2.38. The number of carbonyl (C=O) groups excluding carboxylic acids is 2. The molecule has 0 saturated heterocycles. The SMILES string of the molecule is COC(=O)C(CC(C)C)n1cc(CC=O)c(F)cc1=O. The molecule has 0 fully saturated rings. The Bertz CT molecular complexity index is 551. The molecule has 1 aromatic rings. The first-order valence-corrected chi connectivity index (χ1v) is 6.32. The summed E-state index contributed by atoms with van der Waals surface area (Å²) in [4.78, 5) is 34.2. The van der Waals surface area contributed by atoms with Crippen LogP contribution in [0.15, 0.2) is 17.1 Å². The van der Waals surface area contributed by atoms with Gasteiger partial charge in [0.1, 0.15) is 18.1 Å². The number of esters is 1. The predicted octanol–water partition coefficient (Wildman–Crippen LogP) is 1.49. The molecule has 0 spiro atoms. The largest absolute Gasteiger partial charge is 0.467 e. The normalized spacial score (nSPS) is 12.2. The van der Waals surface area contributed by atoms with Gasteiger partial charge in [-0.2, -0.15) is 0 Å². The first-order valence-electron chi connectivity index (χ1n) is 6.32. The fourth-order valence-electron chi connectivity index (χ4n) is 1.96. The molecule has 1 aromatic heterocycles. The van der Waals surface area contributed by atoms with Crippen LogP contribution in [-0.2, 0) is 20.7 Å². The fraction of sp³-hybridized carbons (Fsp3) is 0.500. The van der Waals surface area contributed by atoms with Crippen molar-refractivity contribution in [3.63, 3.8) is 0 Å². The lowest BCUT2D eigenvalue weighted by Gasteiger charge is -2.20. The summed E-state index contributed by atoms with van der Waals surface area (Å²) in [5, 5.41) is 0. The van der Waals surface area contributed by atoms with E-state index >= 15 is 0 Å². The van der Waals surface area contributed by atoms with E-state index in [2.05, 4.69) is 0 Å². The number of nitrogens with zero attached hydrogens (tertiary/aromatic N) is 1. The molecule has 0 aliphatic heterocycles. The fourth-order valence-corrected chi connectivity index (χ4v) is 1.96. The van der Waals surface area contributed by atoms with E-state index < -0.39 is 23.4 Å². The van der Waals surface area contributed by atoms with Crippen LogP contribution >= 0.6 is 0 Å². The van der Waals surface area contributed by atoms with Crippen LogP contribution in [0.1, 0.15) is 31.9 Å². The van der Waals surface area contributed by atoms with Gasteiger partial charge in [0.25, 0.3) is 5.56 Å². The molecule has 1 rings (SSSR count). The standard InChI is InChI=1S/C14H18FNO4/c1-9(2)6-12(14(19)20-3)16-8-10(4-5-17)11(15)7-13(16)18/h5,7-9,12H,4,6H2,1-3H3. The number of aldehydes is 1. The first-order chi connectivity index (χ1) is 9.40. The van der Waals surface area contributed by atoms with Crippen LogP contribution in [0, 0.1) is 11.7 Å². The molecule has 0 aliphatic carbocycles. The average molecular weight is 283 g/mol. The molecular weight excluding hydrogens is 265 g/mol. The summed E-state index contributed by atoms with van der Waals surface area (Å²) in [6.07, 6.45) is 2.00. The maximum atomic E-state index is 13.5. The molecule has 0 saturated carbocycles. The quantitative estimate of drug-likeness (QED) is 0.586. The van der Waals surface area contributed by atoms with Crippen molar-refractivity contribution < 1.29 is 18.7 Å². The Morgan fingerprint density at radius 3 is 2.65 bits per heavy atom. The molecule has 0 aliphatic rings. The van der Waals surface area contributed by atoms with E-state index in [1.165, 1.54) is 13.3 Å². The second-order valence-electron chi connectivity index (χ2n) is 4.93. The van der Waals surface area contributed by atoms with Crippen LogP contribution < -0.4 is 5.56 Å². The highest BCUT2D eigenvalue weighted by Gasteiger charge is 2.24. The Labute approximate surface area is 116 Å². The molecule has 1 atom stereocenters. The van der Waals surface area contributed by atoms with Crippen molar-refractivity contribution in [2.24, 2.45) is 5.92 Å². The number of hydrogen-bond acceptors (Lipinski definition) is 4. The maximum Gasteiger partial charge on any atom is 0.328 e. The number of ether oxygens (including phenoxy) is 1. The van der Waals surface area contributed by atoms with Gasteiger partial charge in [0.2, 0.25) is 0 Å². The van der Waals surface area contributed by atoms with Gasteiger partial charge in [-0.15, -0.1) is 0 Å². The number of aromatic nitrogens is 1. The highest BCUT2D eigenvalue weighted by Crippen LogP contribution is 2.18. The minimum absolute atomic E-state index is 0.0808. The highest BCUT2D eigenvalue weighted by atomic mass is 19.1. The third-order valence-corrected chi connectivity index (χ3v) is 2.91. The monoisotopic (exact) mass is 283 g/mol. The Morgan fingerprint density at radius 2 is 2.15 bits per heavy atom. The summed E-state index contributed by atoms with van der Waals surface area (Å²) in [5.74, 6) is -1.17. The molecule has 1 heterocycles. The molecule has 1 unspecified atom stereocenters. The zero-order valence-electron chi connectivity index (χ0n) is 11.8. The van der Waals surface area contributed by atoms with Gasteiger partial charge < -0.3 is 14.1 Å². The smallest absolute Gasteiger partial charge is 0.328 e. The second kappa shape index (κ2) is 6.98. The number of carbonyl (C=O) groups is 2. The molecule has 20 heavy (non-hydrogen) atoms. The number of methoxy groups -OCH3 is 1. The molecule has 5 nitrogen and oxygen atoms in total. The van der Waals surface area contributed by atoms with Gasteiger partial charge in [0.05, 0.1) is 7.11 Å². The molecular formula is C14H18FNO4. The van der Waals surface area contributed by atoms with Gasteiger partial charge in [0.15, 0.2) is 0 Å². The van der Waals surface area contributed by atoms with Gasteiger partial charge >= 0.3 is 5.97 Å². The molecule has 0 N–H and O–H groups in total. The lowest BCUT2D eigenvalue weighted by Crippen LogP contribution is -2.32. The number of rotatable bonds is 6. The molecule has 6 heteroatoms. The molecule has 0 aromatic carbocycles. The van der Waals surface area contributed by atoms with E-state index in [9.17, 15) is 18.8 Å². The molecule has 110 valence electrons. The van der Waals surface area contributed by atoms with Crippen LogP contribution in [-0.4, -0.2) is 23.9 Å². The summed E-state index contributed by atoms with van der Waals surface area (Å²) in [5.41, 5.74) is -0.551. The van der Waals surface area contributed by atoms with Crippen LogP contribution in [0.4, 0.5) is 4.39 Å². The minimum atomic E-state index is -0.821. The van der Waals surface area contributed by atoms with Crippen molar-refractivity contribution in [1.82, 2.24) is 4.57 Å². The number of hydrogen-bond donors (Lipinski definition) is 0. The third kappa shape index (κ3) is 3.76. The predicted molar refractivity (Wildman–Crippen MR) is 70.9 cm³/mol. The topological polar surface area (TPSA) is 65.4 Å². The molecule has 0 radical (unpaired) electrons. The molecule has 0 bridgehead atoms. The van der Waals surface area contributed by atoms with Crippen molar-refractivity contribution in [1.29, 1.82) is 0 Å². The van der Waals surface area contributed by atoms with Crippen LogP contribution in [0.2, 0.25) is 0 Å². The van der Waals surface area contributed by atoms with Crippen molar-refractivity contribution in [3.05, 3.63) is 34.0 Å². The van der Waals surface area contributed by atoms with E-state index in [-0.39, 0.29) is 17.9 Å². The van der Waals surface area contributed by atoms with Crippen LogP contribution in [0.5, 0.6) is 0 Å². The zero-order chi connectivity index (χ0) is 15.3. The van der Waals surface area contributed by atoms with E-state index in [0.717, 1.165) is 10.6 Å². The van der Waals surface area contributed by atoms with E-state index in [1.54, 1.807) is 0 Å². The van der Waals surface area contributed by atoms with Crippen molar-refractivity contribution in [3.8, 4) is 0 Å². The Hall–Kier alpha value is -1.98. The van der Waals surface area contributed by atoms with Crippen molar-refractivity contribution in [2.45, 2.75) is 32.7 Å². The summed E-state index contributed by atoms with van der Waals surface area (Å²) >= 11 is 0. The minimum Gasteiger partial charge on any atom is -0.467 e. The summed E-state index contributed by atoms with van der Waals surface area (Å²) in [6, 6.07) is -0.0340. The van der Waals surface area contributed by atoms with Crippen LogP contribution in [0.3, 0.4) is 0 Å². The highest BCUT2D eigenvalue weighted by molar-refractivity contribution is 5.74.